The number of likely N-dealkylation sites (tertiary alicyclic amines) is 1. The van der Waals surface area contributed by atoms with Gasteiger partial charge in [0.1, 0.15) is 7.57 Å². The molecule has 0 aliphatic carbocycles. The van der Waals surface area contributed by atoms with E-state index >= 15 is 0 Å². The van der Waals surface area contributed by atoms with E-state index in [1.165, 1.54) is 0 Å². The molecule has 1 aliphatic heterocycles. The Bertz CT molecular complexity index is 125. The molecule has 1 rings (SSSR count). The van der Waals surface area contributed by atoms with Crippen molar-refractivity contribution in [3.05, 3.63) is 0 Å². The summed E-state index contributed by atoms with van der Waals surface area (Å²) >= 11 is 0. The molecule has 0 amide bonds. The molecule has 2 unspecified atom stereocenters. The minimum absolute atomic E-state index is 0.432. The van der Waals surface area contributed by atoms with E-state index in [2.05, 4.69) is 11.9 Å². The van der Waals surface area contributed by atoms with E-state index < -0.39 is 0 Å². The van der Waals surface area contributed by atoms with Crippen LogP contribution >= 0.6 is 8.46 Å². The van der Waals surface area contributed by atoms with Crippen molar-refractivity contribution >= 4 is 16.0 Å². The van der Waals surface area contributed by atoms with Gasteiger partial charge in [0.2, 0.25) is 0 Å². The normalized spacial score (nSPS) is 34.0. The van der Waals surface area contributed by atoms with Gasteiger partial charge in [0, 0.05) is 19.7 Å². The van der Waals surface area contributed by atoms with Crippen LogP contribution in [0.1, 0.15) is 6.42 Å². The Morgan fingerprint density at radius 3 is 2.91 bits per heavy atom. The van der Waals surface area contributed by atoms with Crippen molar-refractivity contribution in [2.24, 2.45) is 0 Å². The van der Waals surface area contributed by atoms with Gasteiger partial charge in [-0.25, -0.2) is 0 Å². The van der Waals surface area contributed by atoms with E-state index in [0.717, 1.165) is 19.1 Å². The van der Waals surface area contributed by atoms with Crippen molar-refractivity contribution in [3.63, 3.8) is 0 Å². The number of likely N-dealkylation sites (N-methyl/N-ethyl adjacent to an activating group) is 1. The largest absolute Gasteiger partial charge is 0.380 e. The maximum atomic E-state index is 5.52. The van der Waals surface area contributed by atoms with Gasteiger partial charge in [-0.05, 0) is 19.6 Å². The molecule has 1 aliphatic rings. The van der Waals surface area contributed by atoms with E-state index in [4.69, 9.17) is 12.3 Å². The van der Waals surface area contributed by atoms with Crippen LogP contribution in [0.3, 0.4) is 0 Å². The molecule has 11 heavy (non-hydrogen) atoms. The zero-order chi connectivity index (χ0) is 8.27. The van der Waals surface area contributed by atoms with Crippen molar-refractivity contribution in [3.8, 4) is 0 Å². The molecule has 0 spiro atoms. The van der Waals surface area contributed by atoms with Gasteiger partial charge < -0.3 is 9.64 Å². The highest BCUT2D eigenvalue weighted by atomic mass is 31.1. The Morgan fingerprint density at radius 1 is 1.73 bits per heavy atom. The molecule has 0 aromatic heterocycles. The van der Waals surface area contributed by atoms with Crippen molar-refractivity contribution in [2.75, 3.05) is 26.9 Å². The van der Waals surface area contributed by atoms with Gasteiger partial charge in [0.05, 0.1) is 6.10 Å². The smallest absolute Gasteiger partial charge is 0.104 e. The van der Waals surface area contributed by atoms with Crippen LogP contribution in [0.25, 0.3) is 0 Å². The average Bonchev–Trinajstić information content (AvgIpc) is 2.33. The van der Waals surface area contributed by atoms with Gasteiger partial charge in [0.15, 0.2) is 0 Å². The van der Waals surface area contributed by atoms with E-state index in [-0.39, 0.29) is 0 Å². The summed E-state index contributed by atoms with van der Waals surface area (Å²) in [6, 6.07) is 0.656. The first-order valence-corrected chi connectivity index (χ1v) is 5.23. The summed E-state index contributed by atoms with van der Waals surface area (Å²) in [6.07, 6.45) is 2.70. The topological polar surface area (TPSA) is 12.5 Å². The third kappa shape index (κ3) is 2.43. The van der Waals surface area contributed by atoms with Crippen molar-refractivity contribution in [1.29, 1.82) is 0 Å². The van der Waals surface area contributed by atoms with Gasteiger partial charge in [0.25, 0.3) is 0 Å². The SMILES string of the molecule is [B]PC[C@@H]1CC(OC)CN1C. The van der Waals surface area contributed by atoms with Crippen LogP contribution in [0, 0.1) is 0 Å². The number of nitrogens with zero attached hydrogens (tertiary/aromatic N) is 1. The summed E-state index contributed by atoms with van der Waals surface area (Å²) in [4.78, 5) is 2.34. The predicted molar refractivity (Wildman–Crippen MR) is 50.8 cm³/mol. The fourth-order valence-electron chi connectivity index (χ4n) is 1.57. The van der Waals surface area contributed by atoms with E-state index in [9.17, 15) is 0 Å². The molecule has 4 heteroatoms. The van der Waals surface area contributed by atoms with Gasteiger partial charge in [-0.1, -0.05) is 0 Å². The maximum absolute atomic E-state index is 5.52. The van der Waals surface area contributed by atoms with E-state index in [1.54, 1.807) is 7.11 Å². The Kier molecular flexibility index (Phi) is 3.84. The minimum atomic E-state index is 0.432. The molecule has 1 heterocycles. The van der Waals surface area contributed by atoms with E-state index in [0.29, 0.717) is 20.6 Å². The molecule has 0 saturated carbocycles. The second kappa shape index (κ2) is 4.44. The zero-order valence-corrected chi connectivity index (χ0v) is 8.21. The Hall–Kier alpha value is 0.415. The summed E-state index contributed by atoms with van der Waals surface area (Å²) in [7, 11) is 10.0. The third-order valence-corrected chi connectivity index (χ3v) is 3.04. The zero-order valence-electron chi connectivity index (χ0n) is 7.21. The second-order valence-corrected chi connectivity index (χ2v) is 3.91. The molecule has 1 saturated heterocycles. The molecule has 0 bridgehead atoms. The van der Waals surface area contributed by atoms with Gasteiger partial charge >= 0.3 is 0 Å². The van der Waals surface area contributed by atoms with Crippen molar-refractivity contribution in [1.82, 2.24) is 4.90 Å². The van der Waals surface area contributed by atoms with Crippen LogP contribution in [0.2, 0.25) is 0 Å². The lowest BCUT2D eigenvalue weighted by Crippen LogP contribution is -2.26. The molecule has 0 aromatic carbocycles. The molecule has 0 N–H and O–H groups in total. The fraction of sp³-hybridized carbons (Fsp3) is 1.00. The third-order valence-electron chi connectivity index (χ3n) is 2.34. The lowest BCUT2D eigenvalue weighted by Gasteiger charge is -2.17. The first kappa shape index (κ1) is 9.50. The summed E-state index contributed by atoms with van der Waals surface area (Å²) in [6.45, 7) is 1.06. The van der Waals surface area contributed by atoms with Crippen LogP contribution in [-0.2, 0) is 4.74 Å². The average molecular weight is 171 g/mol. The number of rotatable bonds is 3. The molecular formula is C7H15BNOP. The van der Waals surface area contributed by atoms with Crippen LogP contribution in [-0.4, -0.2) is 51.5 Å². The summed E-state index contributed by atoms with van der Waals surface area (Å²) < 4.78 is 5.28. The second-order valence-electron chi connectivity index (χ2n) is 3.10. The number of hydrogen-bond donors (Lipinski definition) is 0. The highest BCUT2D eigenvalue weighted by molar-refractivity contribution is 7.66. The lowest BCUT2D eigenvalue weighted by molar-refractivity contribution is 0.111. The molecular weight excluding hydrogens is 156 g/mol. The van der Waals surface area contributed by atoms with Gasteiger partial charge in [-0.2, -0.15) is 8.46 Å². The van der Waals surface area contributed by atoms with Crippen molar-refractivity contribution in [2.45, 2.75) is 18.6 Å². The highest BCUT2D eigenvalue weighted by Gasteiger charge is 2.28. The Morgan fingerprint density at radius 2 is 2.45 bits per heavy atom. The molecule has 2 radical (unpaired) electrons. The predicted octanol–water partition coefficient (Wildman–Crippen LogP) is 0.468. The molecule has 3 atom stereocenters. The lowest BCUT2D eigenvalue weighted by atomic mass is 10.2. The number of hydrogen-bond acceptors (Lipinski definition) is 2. The van der Waals surface area contributed by atoms with Gasteiger partial charge in [-0.3, -0.25) is 0 Å². The van der Waals surface area contributed by atoms with Crippen molar-refractivity contribution < 1.29 is 4.74 Å². The van der Waals surface area contributed by atoms with Crippen LogP contribution in [0.15, 0.2) is 0 Å². The Balaban J connectivity index is 2.32. The summed E-state index contributed by atoms with van der Waals surface area (Å²) in [5.41, 5.74) is 0. The standard InChI is InChI=1S/C7H15BNOP/c1-9-4-7(10-2)3-6(9)5-11-8/h6-7,11H,3-5H2,1-2H3/t6-,7?/m0/s1. The monoisotopic (exact) mass is 171 g/mol. The van der Waals surface area contributed by atoms with Crippen LogP contribution in [0.5, 0.6) is 0 Å². The number of ether oxygens (including phenoxy) is 1. The quantitative estimate of drug-likeness (QED) is 0.452. The minimum Gasteiger partial charge on any atom is -0.380 e. The van der Waals surface area contributed by atoms with Crippen LogP contribution < -0.4 is 0 Å². The molecule has 2 nitrogen and oxygen atoms in total. The van der Waals surface area contributed by atoms with Gasteiger partial charge in [-0.15, -0.1) is 0 Å². The molecule has 1 fully saturated rings. The first-order chi connectivity index (χ1) is 5.27. The number of methoxy groups -OCH3 is 1. The Labute approximate surface area is 71.8 Å². The summed E-state index contributed by atoms with van der Waals surface area (Å²) in [5, 5.41) is 0. The van der Waals surface area contributed by atoms with E-state index in [1.807, 2.05) is 0 Å². The highest BCUT2D eigenvalue weighted by Crippen LogP contribution is 2.21. The summed E-state index contributed by atoms with van der Waals surface area (Å²) in [5.74, 6) is 0. The first-order valence-electron chi connectivity index (χ1n) is 3.94. The molecule has 62 valence electrons. The fourth-order valence-corrected chi connectivity index (χ4v) is 2.32. The maximum Gasteiger partial charge on any atom is 0.104 e. The molecule has 0 aromatic rings. The van der Waals surface area contributed by atoms with Crippen LogP contribution in [0.4, 0.5) is 0 Å².